The van der Waals surface area contributed by atoms with Crippen LogP contribution < -0.4 is 5.73 Å². The molecule has 70 valence electrons. The van der Waals surface area contributed by atoms with Gasteiger partial charge in [0.15, 0.2) is 0 Å². The first-order chi connectivity index (χ1) is 5.83. The largest absolute Gasteiger partial charge is 0.460 e. The molecule has 1 rings (SSSR count). The molecule has 1 aromatic heterocycles. The first-order valence-electron chi connectivity index (χ1n) is 3.57. The normalized spacial score (nSPS) is 8.69. The molecule has 1 aromatic rings. The molecule has 0 radical (unpaired) electrons. The summed E-state index contributed by atoms with van der Waals surface area (Å²) in [7, 11) is 0. The minimum Gasteiger partial charge on any atom is -0.460 e. The van der Waals surface area contributed by atoms with Crippen LogP contribution in [-0.4, -0.2) is 17.5 Å². The molecule has 0 aliphatic rings. The van der Waals surface area contributed by atoms with Gasteiger partial charge in [0.2, 0.25) is 0 Å². The van der Waals surface area contributed by atoms with Gasteiger partial charge in [0, 0.05) is 35.3 Å². The molecule has 2 N–H and O–H groups in total. The van der Waals surface area contributed by atoms with E-state index in [1.165, 1.54) is 0 Å². The zero-order chi connectivity index (χ0) is 8.81. The fraction of sp³-hybridized carbons (Fsp3) is 0.250. The molecule has 0 bridgehead atoms. The van der Waals surface area contributed by atoms with Crippen molar-refractivity contribution in [2.45, 2.75) is 6.61 Å². The van der Waals surface area contributed by atoms with Crippen molar-refractivity contribution in [3.63, 3.8) is 0 Å². The van der Waals surface area contributed by atoms with Crippen molar-refractivity contribution < 1.29 is 26.9 Å². The van der Waals surface area contributed by atoms with Gasteiger partial charge in [0.25, 0.3) is 0 Å². The fourth-order valence-corrected chi connectivity index (χ4v) is 0.706. The molecule has 0 atom stereocenters. The molecule has 0 aliphatic heterocycles. The van der Waals surface area contributed by atoms with Crippen LogP contribution in [0, 0.1) is 0 Å². The molecule has 1 heterocycles. The molecule has 0 unspecified atom stereocenters. The van der Waals surface area contributed by atoms with E-state index in [1.807, 2.05) is 6.07 Å². The summed E-state index contributed by atoms with van der Waals surface area (Å²) in [5.74, 6) is -0.404. The topological polar surface area (TPSA) is 65.2 Å². The maximum atomic E-state index is 10.6. The monoisotopic (exact) mass is 218 g/mol. The Morgan fingerprint density at radius 3 is 2.92 bits per heavy atom. The standard InChI is InChI=1S/C8H10N2O2.Cr/c9-4-8(11)12-6-7-2-1-3-10-5-7;/h1-3,5H,4,6,9H2;. The number of ether oxygens (including phenoxy) is 1. The van der Waals surface area contributed by atoms with Gasteiger partial charge in [-0.2, -0.15) is 0 Å². The molecule has 4 nitrogen and oxygen atoms in total. The molecule has 0 fully saturated rings. The fourth-order valence-electron chi connectivity index (χ4n) is 0.706. The van der Waals surface area contributed by atoms with Crippen molar-refractivity contribution in [1.82, 2.24) is 4.98 Å². The Balaban J connectivity index is 0.00000144. The predicted octanol–water partition coefficient (Wildman–Crippen LogP) is 0.0810. The molecule has 0 amide bonds. The minimum atomic E-state index is -0.404. The van der Waals surface area contributed by atoms with Crippen LogP contribution in [0.1, 0.15) is 5.56 Å². The number of hydrogen-bond acceptors (Lipinski definition) is 4. The molecule has 5 heteroatoms. The summed E-state index contributed by atoms with van der Waals surface area (Å²) in [6, 6.07) is 3.61. The predicted molar refractivity (Wildman–Crippen MR) is 43.1 cm³/mol. The second kappa shape index (κ2) is 6.61. The number of esters is 1. The number of pyridine rings is 1. The first kappa shape index (κ1) is 12.1. The molecule has 0 aliphatic carbocycles. The average Bonchev–Trinajstić information content (AvgIpc) is 2.16. The molecular weight excluding hydrogens is 208 g/mol. The van der Waals surface area contributed by atoms with Gasteiger partial charge in [0.05, 0.1) is 6.54 Å². The zero-order valence-corrected chi connectivity index (χ0v) is 8.25. The Hall–Kier alpha value is -0.888. The van der Waals surface area contributed by atoms with Gasteiger partial charge < -0.3 is 10.5 Å². The summed E-state index contributed by atoms with van der Waals surface area (Å²) in [5.41, 5.74) is 5.91. The Morgan fingerprint density at radius 2 is 2.38 bits per heavy atom. The maximum Gasteiger partial charge on any atom is 0.320 e. The van der Waals surface area contributed by atoms with Crippen LogP contribution in [0.25, 0.3) is 0 Å². The third-order valence-corrected chi connectivity index (χ3v) is 1.29. The van der Waals surface area contributed by atoms with E-state index >= 15 is 0 Å². The van der Waals surface area contributed by atoms with Gasteiger partial charge in [-0.1, -0.05) is 6.07 Å². The molecule has 0 saturated carbocycles. The number of aromatic nitrogens is 1. The van der Waals surface area contributed by atoms with Crippen LogP contribution in [0.3, 0.4) is 0 Å². The summed E-state index contributed by atoms with van der Waals surface area (Å²) in [5, 5.41) is 0. The quantitative estimate of drug-likeness (QED) is 0.730. The number of rotatable bonds is 3. The van der Waals surface area contributed by atoms with Crippen LogP contribution in [0.15, 0.2) is 24.5 Å². The number of nitrogens with zero attached hydrogens (tertiary/aromatic N) is 1. The van der Waals surface area contributed by atoms with E-state index in [0.717, 1.165) is 5.56 Å². The summed E-state index contributed by atoms with van der Waals surface area (Å²) >= 11 is 0. The number of hydrogen-bond donors (Lipinski definition) is 1. The zero-order valence-electron chi connectivity index (χ0n) is 6.97. The molecule has 13 heavy (non-hydrogen) atoms. The van der Waals surface area contributed by atoms with E-state index in [4.69, 9.17) is 10.5 Å². The van der Waals surface area contributed by atoms with Crippen molar-refractivity contribution in [2.24, 2.45) is 5.73 Å². The van der Waals surface area contributed by atoms with Crippen molar-refractivity contribution in [3.8, 4) is 0 Å². The van der Waals surface area contributed by atoms with Gasteiger partial charge in [-0.25, -0.2) is 0 Å². The Morgan fingerprint density at radius 1 is 1.62 bits per heavy atom. The summed E-state index contributed by atoms with van der Waals surface area (Å²) in [6.45, 7) is 0.157. The number of carbonyl (C=O) groups is 1. The minimum absolute atomic E-state index is 0. The number of carbonyl (C=O) groups excluding carboxylic acids is 1. The Bertz CT molecular complexity index is 254. The van der Waals surface area contributed by atoms with Crippen molar-refractivity contribution in [3.05, 3.63) is 30.1 Å². The molecule has 0 aromatic carbocycles. The van der Waals surface area contributed by atoms with Gasteiger partial charge >= 0.3 is 5.97 Å². The van der Waals surface area contributed by atoms with Crippen LogP contribution in [-0.2, 0) is 33.5 Å². The van der Waals surface area contributed by atoms with Crippen LogP contribution >= 0.6 is 0 Å². The van der Waals surface area contributed by atoms with E-state index in [2.05, 4.69) is 4.98 Å². The summed E-state index contributed by atoms with van der Waals surface area (Å²) in [6.07, 6.45) is 3.30. The van der Waals surface area contributed by atoms with E-state index in [0.29, 0.717) is 0 Å². The van der Waals surface area contributed by atoms with Crippen LogP contribution in [0.5, 0.6) is 0 Å². The van der Waals surface area contributed by atoms with Gasteiger partial charge in [-0.05, 0) is 6.07 Å². The summed E-state index contributed by atoms with van der Waals surface area (Å²) < 4.78 is 4.77. The van der Waals surface area contributed by atoms with E-state index in [1.54, 1.807) is 18.5 Å². The Kier molecular flexibility index (Phi) is 6.16. The molecular formula is C8H10CrN2O2. The van der Waals surface area contributed by atoms with Gasteiger partial charge in [-0.3, -0.25) is 9.78 Å². The SMILES string of the molecule is NCC(=O)OCc1cccnc1.[Cr]. The molecule has 0 spiro atoms. The first-order valence-corrected chi connectivity index (χ1v) is 3.57. The van der Waals surface area contributed by atoms with Crippen LogP contribution in [0.4, 0.5) is 0 Å². The third kappa shape index (κ3) is 4.63. The second-order valence-electron chi connectivity index (χ2n) is 2.23. The van der Waals surface area contributed by atoms with Crippen molar-refractivity contribution in [2.75, 3.05) is 6.54 Å². The van der Waals surface area contributed by atoms with Gasteiger partial charge in [-0.15, -0.1) is 0 Å². The van der Waals surface area contributed by atoms with Crippen molar-refractivity contribution in [1.29, 1.82) is 0 Å². The van der Waals surface area contributed by atoms with Crippen LogP contribution in [0.2, 0.25) is 0 Å². The van der Waals surface area contributed by atoms with Gasteiger partial charge in [0.1, 0.15) is 6.61 Å². The van der Waals surface area contributed by atoms with Crippen molar-refractivity contribution >= 4 is 5.97 Å². The second-order valence-corrected chi connectivity index (χ2v) is 2.23. The maximum absolute atomic E-state index is 10.6. The smallest absolute Gasteiger partial charge is 0.320 e. The van der Waals surface area contributed by atoms with E-state index in [9.17, 15) is 4.79 Å². The Labute approximate surface area is 87.2 Å². The van der Waals surface area contributed by atoms with E-state index in [-0.39, 0.29) is 30.5 Å². The third-order valence-electron chi connectivity index (χ3n) is 1.29. The summed E-state index contributed by atoms with van der Waals surface area (Å²) in [4.78, 5) is 14.5. The molecule has 0 saturated heterocycles. The number of nitrogens with two attached hydrogens (primary N) is 1. The van der Waals surface area contributed by atoms with E-state index < -0.39 is 5.97 Å². The average molecular weight is 218 g/mol.